The van der Waals surface area contributed by atoms with Crippen molar-refractivity contribution in [3.05, 3.63) is 29.8 Å². The van der Waals surface area contributed by atoms with Crippen LogP contribution in [0, 0.1) is 0 Å². The minimum absolute atomic E-state index is 0.151. The third-order valence-corrected chi connectivity index (χ3v) is 4.84. The molecule has 1 aromatic rings. The highest BCUT2D eigenvalue weighted by atomic mass is 19.4. The summed E-state index contributed by atoms with van der Waals surface area (Å²) >= 11 is 0. The molecule has 0 saturated carbocycles. The standard InChI is InChI=1S/C18H24F3N3O2/c1-2-22-17(26)23-8-11-24(12-9-23,10-3-4-13-25)16-7-5-6-15(14-16)18(19,20)21/h5-7,13-14H,2-4,8-12H2,1H3/p+1. The molecule has 1 aliphatic rings. The van der Waals surface area contributed by atoms with E-state index >= 15 is 0 Å². The number of benzene rings is 1. The number of unbranched alkanes of at least 4 members (excludes halogenated alkanes) is 1. The van der Waals surface area contributed by atoms with E-state index in [1.807, 2.05) is 6.92 Å². The molecule has 5 nitrogen and oxygen atoms in total. The zero-order valence-corrected chi connectivity index (χ0v) is 14.9. The Bertz CT molecular complexity index is 626. The molecule has 0 aromatic heterocycles. The van der Waals surface area contributed by atoms with Crippen LogP contribution in [-0.4, -0.2) is 56.5 Å². The summed E-state index contributed by atoms with van der Waals surface area (Å²) in [6.07, 6.45) is -2.60. The van der Waals surface area contributed by atoms with Gasteiger partial charge in [-0.15, -0.1) is 0 Å². The van der Waals surface area contributed by atoms with Gasteiger partial charge in [0.1, 0.15) is 25.1 Å². The second-order valence-electron chi connectivity index (χ2n) is 6.50. The van der Waals surface area contributed by atoms with E-state index in [1.54, 1.807) is 11.0 Å². The fourth-order valence-electron chi connectivity index (χ4n) is 3.38. The van der Waals surface area contributed by atoms with E-state index in [9.17, 15) is 22.8 Å². The molecule has 1 aliphatic heterocycles. The van der Waals surface area contributed by atoms with Crippen LogP contribution in [0.2, 0.25) is 0 Å². The maximum Gasteiger partial charge on any atom is 0.416 e. The monoisotopic (exact) mass is 372 g/mol. The van der Waals surface area contributed by atoms with Crippen molar-refractivity contribution in [2.45, 2.75) is 25.9 Å². The topological polar surface area (TPSA) is 49.4 Å². The summed E-state index contributed by atoms with van der Waals surface area (Å²) in [5.74, 6) is 0. The van der Waals surface area contributed by atoms with Crippen LogP contribution in [0.15, 0.2) is 24.3 Å². The SMILES string of the molecule is CCNC(=O)N1CC[N+](CCCC=O)(c2cccc(C(F)(F)F)c2)CC1. The summed E-state index contributed by atoms with van der Waals surface area (Å²) in [5.41, 5.74) is -0.0877. The zero-order chi connectivity index (χ0) is 19.2. The van der Waals surface area contributed by atoms with Crippen LogP contribution in [0.4, 0.5) is 23.7 Å². The molecule has 144 valence electrons. The van der Waals surface area contributed by atoms with Gasteiger partial charge < -0.3 is 15.0 Å². The first-order valence-electron chi connectivity index (χ1n) is 8.83. The van der Waals surface area contributed by atoms with Crippen molar-refractivity contribution in [3.63, 3.8) is 0 Å². The first-order valence-corrected chi connectivity index (χ1v) is 8.83. The van der Waals surface area contributed by atoms with Gasteiger partial charge in [-0.1, -0.05) is 6.07 Å². The number of halogens is 3. The highest BCUT2D eigenvalue weighted by Gasteiger charge is 2.38. The molecule has 1 N–H and O–H groups in total. The number of carbonyl (C=O) groups is 2. The molecule has 2 amide bonds. The first kappa shape index (κ1) is 20.2. The average Bonchev–Trinajstić information content (AvgIpc) is 2.62. The number of nitrogens with zero attached hydrogens (tertiary/aromatic N) is 2. The van der Waals surface area contributed by atoms with Crippen LogP contribution < -0.4 is 9.80 Å². The molecule has 8 heteroatoms. The van der Waals surface area contributed by atoms with E-state index in [0.29, 0.717) is 62.3 Å². The van der Waals surface area contributed by atoms with Crippen LogP contribution in [0.25, 0.3) is 0 Å². The van der Waals surface area contributed by atoms with Crippen LogP contribution in [-0.2, 0) is 11.0 Å². The zero-order valence-electron chi connectivity index (χ0n) is 14.9. The average molecular weight is 372 g/mol. The van der Waals surface area contributed by atoms with Crippen molar-refractivity contribution in [2.24, 2.45) is 0 Å². The third kappa shape index (κ3) is 4.75. The van der Waals surface area contributed by atoms with Crippen molar-refractivity contribution >= 4 is 18.0 Å². The number of aldehydes is 1. The Morgan fingerprint density at radius 3 is 2.58 bits per heavy atom. The number of hydrogen-bond acceptors (Lipinski definition) is 2. The minimum atomic E-state index is -4.40. The van der Waals surface area contributed by atoms with E-state index in [0.717, 1.165) is 12.4 Å². The molecule has 26 heavy (non-hydrogen) atoms. The number of rotatable bonds is 6. The summed E-state index contributed by atoms with van der Waals surface area (Å²) in [7, 11) is 0. The Hall–Kier alpha value is -2.09. The van der Waals surface area contributed by atoms with Gasteiger partial charge in [-0.05, 0) is 19.1 Å². The fraction of sp³-hybridized carbons (Fsp3) is 0.556. The van der Waals surface area contributed by atoms with E-state index < -0.39 is 11.7 Å². The molecule has 0 atom stereocenters. The molecule has 1 aromatic carbocycles. The largest absolute Gasteiger partial charge is 0.416 e. The summed E-state index contributed by atoms with van der Waals surface area (Å²) in [6, 6.07) is 5.24. The quantitative estimate of drug-likeness (QED) is 0.474. The number of alkyl halides is 3. The van der Waals surface area contributed by atoms with Crippen LogP contribution in [0.5, 0.6) is 0 Å². The molecule has 0 spiro atoms. The molecule has 1 saturated heterocycles. The number of hydrogen-bond donors (Lipinski definition) is 1. The number of nitrogens with one attached hydrogen (secondary N) is 1. The van der Waals surface area contributed by atoms with Gasteiger partial charge in [-0.3, -0.25) is 4.48 Å². The van der Waals surface area contributed by atoms with Crippen molar-refractivity contribution < 1.29 is 22.8 Å². The normalized spacial score (nSPS) is 17.0. The van der Waals surface area contributed by atoms with Crippen molar-refractivity contribution in [1.82, 2.24) is 14.7 Å². The lowest BCUT2D eigenvalue weighted by Gasteiger charge is -2.44. The Balaban J connectivity index is 2.24. The van der Waals surface area contributed by atoms with E-state index in [2.05, 4.69) is 5.32 Å². The third-order valence-electron chi connectivity index (χ3n) is 4.84. The molecular weight excluding hydrogens is 347 g/mol. The van der Waals surface area contributed by atoms with Gasteiger partial charge in [0.25, 0.3) is 0 Å². The lowest BCUT2D eigenvalue weighted by atomic mass is 10.1. The number of carbonyl (C=O) groups excluding carboxylic acids is 2. The Morgan fingerprint density at radius 2 is 2.00 bits per heavy atom. The van der Waals surface area contributed by atoms with Gasteiger partial charge in [0, 0.05) is 25.5 Å². The predicted octanol–water partition coefficient (Wildman–Crippen LogP) is 3.04. The van der Waals surface area contributed by atoms with Crippen molar-refractivity contribution in [3.8, 4) is 0 Å². The maximum atomic E-state index is 13.1. The van der Waals surface area contributed by atoms with Gasteiger partial charge in [0.15, 0.2) is 0 Å². The fourth-order valence-corrected chi connectivity index (χ4v) is 3.38. The smallest absolute Gasteiger partial charge is 0.338 e. The minimum Gasteiger partial charge on any atom is -0.338 e. The Morgan fingerprint density at radius 1 is 1.31 bits per heavy atom. The molecular formula is C18H25F3N3O2+. The molecule has 2 rings (SSSR count). The number of urea groups is 1. The van der Waals surface area contributed by atoms with Crippen LogP contribution >= 0.6 is 0 Å². The lowest BCUT2D eigenvalue weighted by molar-refractivity contribution is -0.137. The van der Waals surface area contributed by atoms with Gasteiger partial charge >= 0.3 is 12.2 Å². The van der Waals surface area contributed by atoms with Crippen LogP contribution in [0.3, 0.4) is 0 Å². The summed E-state index contributed by atoms with van der Waals surface area (Å²) in [6.45, 7) is 4.91. The molecule has 0 bridgehead atoms. The number of amides is 2. The summed E-state index contributed by atoms with van der Waals surface area (Å²) < 4.78 is 39.7. The molecule has 0 unspecified atom stereocenters. The number of quaternary nitrogens is 1. The lowest BCUT2D eigenvalue weighted by Crippen LogP contribution is -2.63. The highest BCUT2D eigenvalue weighted by Crippen LogP contribution is 2.34. The highest BCUT2D eigenvalue weighted by molar-refractivity contribution is 5.74. The van der Waals surface area contributed by atoms with E-state index in [-0.39, 0.29) is 6.03 Å². The second kappa shape index (κ2) is 8.53. The maximum absolute atomic E-state index is 13.1. The molecule has 1 heterocycles. The Kier molecular flexibility index (Phi) is 6.63. The van der Waals surface area contributed by atoms with Gasteiger partial charge in [-0.25, -0.2) is 4.79 Å². The van der Waals surface area contributed by atoms with Gasteiger partial charge in [-0.2, -0.15) is 13.2 Å². The number of piperazine rings is 1. The van der Waals surface area contributed by atoms with E-state index in [1.165, 1.54) is 12.1 Å². The molecule has 0 radical (unpaired) electrons. The van der Waals surface area contributed by atoms with Gasteiger partial charge in [0.2, 0.25) is 0 Å². The molecule has 1 fully saturated rings. The Labute approximate surface area is 151 Å². The van der Waals surface area contributed by atoms with Crippen LogP contribution in [0.1, 0.15) is 25.3 Å². The van der Waals surface area contributed by atoms with E-state index in [4.69, 9.17) is 0 Å². The summed E-state index contributed by atoms with van der Waals surface area (Å²) in [5, 5.41) is 2.75. The molecule has 0 aliphatic carbocycles. The first-order chi connectivity index (χ1) is 12.3. The van der Waals surface area contributed by atoms with Crippen molar-refractivity contribution in [2.75, 3.05) is 39.3 Å². The predicted molar refractivity (Wildman–Crippen MR) is 93.8 cm³/mol. The van der Waals surface area contributed by atoms with Gasteiger partial charge in [0.05, 0.1) is 25.2 Å². The second-order valence-corrected chi connectivity index (χ2v) is 6.50. The summed E-state index contributed by atoms with van der Waals surface area (Å²) in [4.78, 5) is 24.4. The van der Waals surface area contributed by atoms with Crippen molar-refractivity contribution in [1.29, 1.82) is 0 Å².